The number of hydrogen-bond donors (Lipinski definition) is 1. The van der Waals surface area contributed by atoms with Crippen LogP contribution >= 0.6 is 0 Å². The molecule has 0 atom stereocenters. The number of hydrogen-bond acceptors (Lipinski definition) is 8. The zero-order valence-electron chi connectivity index (χ0n) is 18.9. The number of aryl methyl sites for hydroxylation is 2. The lowest BCUT2D eigenvalue weighted by Crippen LogP contribution is -2.47. The molecule has 0 aromatic carbocycles. The molecule has 0 spiro atoms. The molecule has 1 fully saturated rings. The van der Waals surface area contributed by atoms with Gasteiger partial charge in [-0.3, -0.25) is 14.7 Å². The van der Waals surface area contributed by atoms with Gasteiger partial charge in [0.15, 0.2) is 11.6 Å². The molecule has 1 aliphatic heterocycles. The standard InChI is InChI=1S/C22H28N8O2/c1-15-11-16(2)30(27-15)20-12-19(24-21(31)14-29-9-7-28(3)8-10-29)25-22(26-20)17-13-23-6-5-18(17)32-4/h5-6,11-13H,7-10,14H2,1-4H3,(H,24,25,26,31). The number of nitrogens with one attached hydrogen (secondary N) is 1. The third-order valence-corrected chi connectivity index (χ3v) is 5.41. The van der Waals surface area contributed by atoms with Gasteiger partial charge in [0.2, 0.25) is 5.91 Å². The van der Waals surface area contributed by atoms with Gasteiger partial charge in [-0.15, -0.1) is 0 Å². The Bertz CT molecular complexity index is 1110. The van der Waals surface area contributed by atoms with Gasteiger partial charge >= 0.3 is 0 Å². The van der Waals surface area contributed by atoms with Crippen LogP contribution in [-0.2, 0) is 4.79 Å². The second-order valence-electron chi connectivity index (χ2n) is 7.98. The number of carbonyl (C=O) groups is 1. The van der Waals surface area contributed by atoms with E-state index in [2.05, 4.69) is 37.2 Å². The highest BCUT2D eigenvalue weighted by atomic mass is 16.5. The van der Waals surface area contributed by atoms with Crippen molar-refractivity contribution in [3.05, 3.63) is 42.0 Å². The molecule has 1 saturated heterocycles. The molecule has 1 amide bonds. The lowest BCUT2D eigenvalue weighted by molar-refractivity contribution is -0.117. The third kappa shape index (κ3) is 4.92. The Kier molecular flexibility index (Phi) is 6.42. The molecular formula is C22H28N8O2. The molecule has 1 aliphatic rings. The average Bonchev–Trinajstić information content (AvgIpc) is 3.13. The van der Waals surface area contributed by atoms with Crippen LogP contribution in [0, 0.1) is 13.8 Å². The van der Waals surface area contributed by atoms with Crippen LogP contribution in [0.3, 0.4) is 0 Å². The number of ether oxygens (including phenoxy) is 1. The van der Waals surface area contributed by atoms with Crippen molar-refractivity contribution in [1.82, 2.24) is 34.5 Å². The van der Waals surface area contributed by atoms with Gasteiger partial charge in [-0.2, -0.15) is 5.10 Å². The van der Waals surface area contributed by atoms with E-state index >= 15 is 0 Å². The molecule has 0 saturated carbocycles. The summed E-state index contributed by atoms with van der Waals surface area (Å²) in [5, 5.41) is 7.47. The number of methoxy groups -OCH3 is 1. The van der Waals surface area contributed by atoms with Gasteiger partial charge in [0.25, 0.3) is 0 Å². The van der Waals surface area contributed by atoms with Crippen LogP contribution in [-0.4, -0.2) is 87.3 Å². The van der Waals surface area contributed by atoms with E-state index in [9.17, 15) is 4.79 Å². The first kappa shape index (κ1) is 21.8. The van der Waals surface area contributed by atoms with Gasteiger partial charge in [-0.25, -0.2) is 14.6 Å². The summed E-state index contributed by atoms with van der Waals surface area (Å²) in [7, 11) is 3.68. The number of anilines is 1. The fourth-order valence-corrected chi connectivity index (χ4v) is 3.71. The van der Waals surface area contributed by atoms with Crippen LogP contribution < -0.4 is 10.1 Å². The van der Waals surface area contributed by atoms with E-state index in [0.29, 0.717) is 35.3 Å². The Morgan fingerprint density at radius 3 is 2.62 bits per heavy atom. The SMILES string of the molecule is COc1ccncc1-c1nc(NC(=O)CN2CCN(C)CC2)cc(-n2nc(C)cc2C)n1. The zero-order valence-corrected chi connectivity index (χ0v) is 18.9. The number of piperazine rings is 1. The molecule has 3 aromatic heterocycles. The van der Waals surface area contributed by atoms with Crippen molar-refractivity contribution in [3.63, 3.8) is 0 Å². The van der Waals surface area contributed by atoms with Gasteiger partial charge in [-0.1, -0.05) is 0 Å². The van der Waals surface area contributed by atoms with E-state index in [1.165, 1.54) is 0 Å². The molecule has 1 N–H and O–H groups in total. The topological polar surface area (TPSA) is 101 Å². The van der Waals surface area contributed by atoms with Crippen LogP contribution in [0.1, 0.15) is 11.4 Å². The second kappa shape index (κ2) is 9.41. The Hall–Kier alpha value is -3.37. The quantitative estimate of drug-likeness (QED) is 0.621. The highest BCUT2D eigenvalue weighted by molar-refractivity contribution is 5.91. The molecule has 0 aliphatic carbocycles. The maximum Gasteiger partial charge on any atom is 0.239 e. The van der Waals surface area contributed by atoms with E-state index in [0.717, 1.165) is 37.6 Å². The first-order valence-corrected chi connectivity index (χ1v) is 10.5. The largest absolute Gasteiger partial charge is 0.496 e. The van der Waals surface area contributed by atoms with Gasteiger partial charge in [0.05, 0.1) is 24.9 Å². The number of carbonyl (C=O) groups excluding carboxylic acids is 1. The summed E-state index contributed by atoms with van der Waals surface area (Å²) in [6, 6.07) is 5.45. The zero-order chi connectivity index (χ0) is 22.7. The first-order valence-electron chi connectivity index (χ1n) is 10.5. The molecule has 10 nitrogen and oxygen atoms in total. The summed E-state index contributed by atoms with van der Waals surface area (Å²) < 4.78 is 7.20. The summed E-state index contributed by atoms with van der Waals surface area (Å²) in [6.45, 7) is 7.83. The van der Waals surface area contributed by atoms with E-state index < -0.39 is 0 Å². The Morgan fingerprint density at radius 1 is 1.16 bits per heavy atom. The summed E-state index contributed by atoms with van der Waals surface area (Å²) in [6.07, 6.45) is 3.29. The van der Waals surface area contributed by atoms with Crippen LogP contribution in [0.2, 0.25) is 0 Å². The number of nitrogens with zero attached hydrogens (tertiary/aromatic N) is 7. The maximum atomic E-state index is 12.8. The van der Waals surface area contributed by atoms with Gasteiger partial charge in [0, 0.05) is 50.3 Å². The van der Waals surface area contributed by atoms with Crippen LogP contribution in [0.15, 0.2) is 30.6 Å². The minimum atomic E-state index is -0.114. The molecule has 3 aromatic rings. The Labute approximate surface area is 187 Å². The monoisotopic (exact) mass is 436 g/mol. The number of pyridine rings is 1. The predicted molar refractivity (Wildman–Crippen MR) is 121 cm³/mol. The summed E-state index contributed by atoms with van der Waals surface area (Å²) in [5.74, 6) is 1.84. The van der Waals surface area contributed by atoms with Crippen LogP contribution in [0.25, 0.3) is 17.2 Å². The van der Waals surface area contributed by atoms with Crippen molar-refractivity contribution >= 4 is 11.7 Å². The summed E-state index contributed by atoms with van der Waals surface area (Å²) >= 11 is 0. The van der Waals surface area contributed by atoms with E-state index in [1.807, 2.05) is 19.9 Å². The third-order valence-electron chi connectivity index (χ3n) is 5.41. The molecule has 0 bridgehead atoms. The van der Waals surface area contributed by atoms with Gasteiger partial charge in [0.1, 0.15) is 11.6 Å². The molecule has 4 rings (SSSR count). The number of aromatic nitrogens is 5. The Balaban J connectivity index is 1.66. The van der Waals surface area contributed by atoms with Crippen molar-refractivity contribution in [3.8, 4) is 23.0 Å². The summed E-state index contributed by atoms with van der Waals surface area (Å²) in [5.41, 5.74) is 2.44. The van der Waals surface area contributed by atoms with Crippen molar-refractivity contribution < 1.29 is 9.53 Å². The van der Waals surface area contributed by atoms with Crippen molar-refractivity contribution in [1.29, 1.82) is 0 Å². The second-order valence-corrected chi connectivity index (χ2v) is 7.98. The lowest BCUT2D eigenvalue weighted by atomic mass is 10.2. The van der Waals surface area contributed by atoms with Crippen molar-refractivity contribution in [2.45, 2.75) is 13.8 Å². The molecule has 10 heteroatoms. The average molecular weight is 437 g/mol. The van der Waals surface area contributed by atoms with E-state index in [4.69, 9.17) is 9.72 Å². The number of likely N-dealkylation sites (N-methyl/N-ethyl adjacent to an activating group) is 1. The molecule has 32 heavy (non-hydrogen) atoms. The first-order chi connectivity index (χ1) is 15.4. The highest BCUT2D eigenvalue weighted by Gasteiger charge is 2.19. The maximum absolute atomic E-state index is 12.8. The van der Waals surface area contributed by atoms with Crippen LogP contribution in [0.5, 0.6) is 5.75 Å². The number of rotatable bonds is 6. The predicted octanol–water partition coefficient (Wildman–Crippen LogP) is 1.54. The molecule has 4 heterocycles. The van der Waals surface area contributed by atoms with E-state index in [-0.39, 0.29) is 5.91 Å². The normalized spacial score (nSPS) is 15.0. The Morgan fingerprint density at radius 2 is 1.94 bits per heavy atom. The fraction of sp³-hybridized carbons (Fsp3) is 0.409. The number of amides is 1. The van der Waals surface area contributed by atoms with Gasteiger partial charge < -0.3 is 15.0 Å². The molecule has 168 valence electrons. The minimum Gasteiger partial charge on any atom is -0.496 e. The smallest absolute Gasteiger partial charge is 0.239 e. The lowest BCUT2D eigenvalue weighted by Gasteiger charge is -2.31. The van der Waals surface area contributed by atoms with Gasteiger partial charge in [-0.05, 0) is 33.0 Å². The van der Waals surface area contributed by atoms with Crippen molar-refractivity contribution in [2.75, 3.05) is 52.2 Å². The minimum absolute atomic E-state index is 0.114. The highest BCUT2D eigenvalue weighted by Crippen LogP contribution is 2.28. The fourth-order valence-electron chi connectivity index (χ4n) is 3.71. The molecule has 0 radical (unpaired) electrons. The van der Waals surface area contributed by atoms with E-state index in [1.54, 1.807) is 36.3 Å². The molecule has 0 unspecified atom stereocenters. The molecular weight excluding hydrogens is 408 g/mol. The van der Waals surface area contributed by atoms with Crippen molar-refractivity contribution in [2.24, 2.45) is 0 Å². The summed E-state index contributed by atoms with van der Waals surface area (Å²) in [4.78, 5) is 30.6. The van der Waals surface area contributed by atoms with Crippen LogP contribution in [0.4, 0.5) is 5.82 Å².